The maximum absolute atomic E-state index is 12.7. The van der Waals surface area contributed by atoms with E-state index >= 15 is 0 Å². The lowest BCUT2D eigenvalue weighted by Crippen LogP contribution is -2.49. The first kappa shape index (κ1) is 22.2. The molecule has 2 atom stereocenters. The van der Waals surface area contributed by atoms with Crippen molar-refractivity contribution in [2.24, 2.45) is 0 Å². The molecule has 0 aliphatic carbocycles. The largest absolute Gasteiger partial charge is 0.468 e. The van der Waals surface area contributed by atoms with Crippen LogP contribution in [0.2, 0.25) is 0 Å². The van der Waals surface area contributed by atoms with Crippen LogP contribution in [0.4, 0.5) is 0 Å². The van der Waals surface area contributed by atoms with Crippen molar-refractivity contribution in [1.82, 2.24) is 10.2 Å². The minimum Gasteiger partial charge on any atom is -0.468 e. The van der Waals surface area contributed by atoms with Crippen LogP contribution in [0.5, 0.6) is 0 Å². The maximum Gasteiger partial charge on any atom is 0.325 e. The van der Waals surface area contributed by atoms with E-state index in [0.717, 1.165) is 11.3 Å². The molecule has 2 rings (SSSR count). The predicted octanol–water partition coefficient (Wildman–Crippen LogP) is 1.43. The summed E-state index contributed by atoms with van der Waals surface area (Å²) >= 11 is 1.67. The summed E-state index contributed by atoms with van der Waals surface area (Å²) in [6, 6.07) is 9.12. The van der Waals surface area contributed by atoms with Gasteiger partial charge in [0.2, 0.25) is 5.91 Å². The highest BCUT2D eigenvalue weighted by Crippen LogP contribution is 2.21. The molecule has 0 radical (unpaired) electrons. The molecule has 0 bridgehead atoms. The number of carbonyl (C=O) groups is 3. The number of nitrogens with one attached hydrogen (secondary N) is 1. The summed E-state index contributed by atoms with van der Waals surface area (Å²) in [6.45, 7) is 3.09. The highest BCUT2D eigenvalue weighted by atomic mass is 32.2. The quantitative estimate of drug-likeness (QED) is 0.619. The van der Waals surface area contributed by atoms with E-state index in [2.05, 4.69) is 10.1 Å². The number of esters is 2. The number of amides is 1. The van der Waals surface area contributed by atoms with Crippen LogP contribution in [0.25, 0.3) is 0 Å². The summed E-state index contributed by atoms with van der Waals surface area (Å²) in [7, 11) is 1.31. The van der Waals surface area contributed by atoms with E-state index in [1.165, 1.54) is 12.0 Å². The first-order chi connectivity index (χ1) is 13.6. The van der Waals surface area contributed by atoms with Crippen LogP contribution >= 0.6 is 11.8 Å². The average Bonchev–Trinajstić information content (AvgIpc) is 2.87. The third-order valence-electron chi connectivity index (χ3n) is 4.54. The molecule has 2 unspecified atom stereocenters. The first-order valence-electron chi connectivity index (χ1n) is 9.45. The fraction of sp³-hybridized carbons (Fsp3) is 0.550. The number of nitrogens with zero attached hydrogens (tertiary/aromatic N) is 1. The smallest absolute Gasteiger partial charge is 0.325 e. The second kappa shape index (κ2) is 11.7. The molecule has 1 amide bonds. The van der Waals surface area contributed by atoms with E-state index in [0.29, 0.717) is 31.9 Å². The second-order valence-electron chi connectivity index (χ2n) is 6.42. The molecule has 1 aromatic carbocycles. The van der Waals surface area contributed by atoms with E-state index in [9.17, 15) is 14.4 Å². The van der Waals surface area contributed by atoms with Gasteiger partial charge in [0, 0.05) is 18.1 Å². The molecule has 1 aromatic rings. The van der Waals surface area contributed by atoms with Crippen molar-refractivity contribution in [3.63, 3.8) is 0 Å². The molecule has 154 valence electrons. The van der Waals surface area contributed by atoms with Gasteiger partial charge in [-0.1, -0.05) is 30.3 Å². The SMILES string of the molecule is CCOC(=O)C(CCNC1CSCCN(CC(=O)OC)C1=O)c1ccccc1. The topological polar surface area (TPSA) is 84.9 Å². The van der Waals surface area contributed by atoms with E-state index in [-0.39, 0.29) is 24.3 Å². The number of hydrogen-bond donors (Lipinski definition) is 1. The molecule has 1 N–H and O–H groups in total. The van der Waals surface area contributed by atoms with Gasteiger partial charge in [0.15, 0.2) is 0 Å². The zero-order valence-electron chi connectivity index (χ0n) is 16.4. The molecule has 1 fully saturated rings. The fourth-order valence-corrected chi connectivity index (χ4v) is 4.06. The van der Waals surface area contributed by atoms with Gasteiger partial charge in [-0.05, 0) is 25.5 Å². The van der Waals surface area contributed by atoms with Gasteiger partial charge in [0.05, 0.1) is 25.7 Å². The Bertz CT molecular complexity index is 655. The summed E-state index contributed by atoms with van der Waals surface area (Å²) in [4.78, 5) is 38.2. The number of methoxy groups -OCH3 is 1. The van der Waals surface area contributed by atoms with E-state index < -0.39 is 12.0 Å². The summed E-state index contributed by atoms with van der Waals surface area (Å²) in [5.41, 5.74) is 0.900. The number of rotatable bonds is 9. The first-order valence-corrected chi connectivity index (χ1v) is 10.6. The molecule has 1 saturated heterocycles. The Kier molecular flexibility index (Phi) is 9.30. The summed E-state index contributed by atoms with van der Waals surface area (Å²) in [5.74, 6) is 0.230. The molecule has 1 aliphatic heterocycles. The molecule has 0 aromatic heterocycles. The molecular weight excluding hydrogens is 380 g/mol. The van der Waals surface area contributed by atoms with Crippen LogP contribution in [0.1, 0.15) is 24.8 Å². The van der Waals surface area contributed by atoms with Crippen molar-refractivity contribution in [3.05, 3.63) is 35.9 Å². The van der Waals surface area contributed by atoms with Crippen molar-refractivity contribution in [2.45, 2.75) is 25.3 Å². The third kappa shape index (κ3) is 6.53. The molecule has 7 nitrogen and oxygen atoms in total. The van der Waals surface area contributed by atoms with Crippen LogP contribution in [0.3, 0.4) is 0 Å². The zero-order valence-corrected chi connectivity index (χ0v) is 17.2. The van der Waals surface area contributed by atoms with E-state index in [1.54, 1.807) is 18.7 Å². The minimum absolute atomic E-state index is 0.0382. The Morgan fingerprint density at radius 1 is 1.32 bits per heavy atom. The number of thioether (sulfide) groups is 1. The van der Waals surface area contributed by atoms with Crippen LogP contribution < -0.4 is 5.32 Å². The summed E-state index contributed by atoms with van der Waals surface area (Å²) < 4.78 is 9.89. The van der Waals surface area contributed by atoms with Crippen molar-refractivity contribution in [1.29, 1.82) is 0 Å². The normalized spacial score (nSPS) is 18.3. The lowest BCUT2D eigenvalue weighted by atomic mass is 9.95. The number of benzene rings is 1. The van der Waals surface area contributed by atoms with Gasteiger partial charge in [-0.25, -0.2) is 0 Å². The molecular formula is C20H28N2O5S. The van der Waals surface area contributed by atoms with Gasteiger partial charge in [0.25, 0.3) is 0 Å². The second-order valence-corrected chi connectivity index (χ2v) is 7.57. The van der Waals surface area contributed by atoms with Crippen molar-refractivity contribution in [2.75, 3.05) is 44.9 Å². The van der Waals surface area contributed by atoms with Gasteiger partial charge in [-0.2, -0.15) is 11.8 Å². The zero-order chi connectivity index (χ0) is 20.4. The van der Waals surface area contributed by atoms with Crippen LogP contribution in [-0.4, -0.2) is 73.6 Å². The monoisotopic (exact) mass is 408 g/mol. The summed E-state index contributed by atoms with van der Waals surface area (Å²) in [5, 5.41) is 3.26. The average molecular weight is 409 g/mol. The van der Waals surface area contributed by atoms with Gasteiger partial charge in [-0.15, -0.1) is 0 Å². The molecule has 0 spiro atoms. The van der Waals surface area contributed by atoms with E-state index in [1.807, 2.05) is 30.3 Å². The fourth-order valence-electron chi connectivity index (χ4n) is 3.05. The number of ether oxygens (including phenoxy) is 2. The van der Waals surface area contributed by atoms with Crippen molar-refractivity contribution in [3.8, 4) is 0 Å². The lowest BCUT2D eigenvalue weighted by Gasteiger charge is -2.24. The molecule has 1 heterocycles. The lowest BCUT2D eigenvalue weighted by molar-refractivity contribution is -0.147. The Morgan fingerprint density at radius 2 is 2.07 bits per heavy atom. The highest BCUT2D eigenvalue weighted by Gasteiger charge is 2.29. The Morgan fingerprint density at radius 3 is 2.75 bits per heavy atom. The molecule has 0 saturated carbocycles. The molecule has 28 heavy (non-hydrogen) atoms. The summed E-state index contributed by atoms with van der Waals surface area (Å²) in [6.07, 6.45) is 0.522. The Balaban J connectivity index is 1.96. The highest BCUT2D eigenvalue weighted by molar-refractivity contribution is 7.99. The minimum atomic E-state index is -0.426. The van der Waals surface area contributed by atoms with Gasteiger partial charge in [0.1, 0.15) is 6.54 Å². The molecule has 1 aliphatic rings. The van der Waals surface area contributed by atoms with E-state index in [4.69, 9.17) is 4.74 Å². The van der Waals surface area contributed by atoms with Crippen molar-refractivity contribution < 1.29 is 23.9 Å². The van der Waals surface area contributed by atoms with Crippen molar-refractivity contribution >= 4 is 29.6 Å². The number of carbonyl (C=O) groups excluding carboxylic acids is 3. The maximum atomic E-state index is 12.7. The Labute approximate surface area is 170 Å². The standard InChI is InChI=1S/C20H28N2O5S/c1-3-27-20(25)16(15-7-5-4-6-8-15)9-10-21-17-14-28-12-11-22(19(17)24)13-18(23)26-2/h4-8,16-17,21H,3,9-14H2,1-2H3. The molecule has 8 heteroatoms. The number of hydrogen-bond acceptors (Lipinski definition) is 7. The van der Waals surface area contributed by atoms with Crippen LogP contribution in [0.15, 0.2) is 30.3 Å². The van der Waals surface area contributed by atoms with Crippen LogP contribution in [-0.2, 0) is 23.9 Å². The van der Waals surface area contributed by atoms with Gasteiger partial charge in [-0.3, -0.25) is 14.4 Å². The van der Waals surface area contributed by atoms with Gasteiger partial charge < -0.3 is 19.7 Å². The van der Waals surface area contributed by atoms with Crippen LogP contribution in [0, 0.1) is 0 Å². The third-order valence-corrected chi connectivity index (χ3v) is 5.58. The predicted molar refractivity (Wildman–Crippen MR) is 108 cm³/mol. The van der Waals surface area contributed by atoms with Gasteiger partial charge >= 0.3 is 11.9 Å². The Hall–Kier alpha value is -2.06.